The van der Waals surface area contributed by atoms with Crippen LogP contribution >= 0.6 is 0 Å². The normalized spacial score (nSPS) is 10.0. The van der Waals surface area contributed by atoms with Gasteiger partial charge in [0, 0.05) is 5.56 Å². The number of carbonyl (C=O) groups is 1. The lowest BCUT2D eigenvalue weighted by Crippen LogP contribution is -1.98. The summed E-state index contributed by atoms with van der Waals surface area (Å²) in [5.74, 6) is 0.868. The van der Waals surface area contributed by atoms with E-state index in [1.54, 1.807) is 19.1 Å². The Morgan fingerprint density at radius 3 is 2.80 bits per heavy atom. The van der Waals surface area contributed by atoms with Crippen molar-refractivity contribution in [1.29, 1.82) is 0 Å². The van der Waals surface area contributed by atoms with Gasteiger partial charge in [-0.05, 0) is 25.5 Å². The van der Waals surface area contributed by atoms with Gasteiger partial charge in [0.1, 0.15) is 5.75 Å². The summed E-state index contributed by atoms with van der Waals surface area (Å²) in [5, 5.41) is 0. The molecule has 0 heterocycles. The highest BCUT2D eigenvalue weighted by molar-refractivity contribution is 5.94. The molecular weight excluding hydrogens is 188 g/mol. The predicted octanol–water partition coefficient (Wildman–Crippen LogP) is 3.46. The second kappa shape index (κ2) is 6.23. The molecule has 0 fully saturated rings. The Morgan fingerprint density at radius 1 is 1.33 bits per heavy atom. The van der Waals surface area contributed by atoms with E-state index in [4.69, 9.17) is 4.74 Å². The number of carbonyl (C=O) groups excluding carboxylic acids is 1. The molecule has 15 heavy (non-hydrogen) atoms. The van der Waals surface area contributed by atoms with E-state index >= 15 is 0 Å². The van der Waals surface area contributed by atoms with Crippen LogP contribution in [0, 0.1) is 0 Å². The molecule has 1 rings (SSSR count). The van der Waals surface area contributed by atoms with E-state index in [9.17, 15) is 4.79 Å². The Labute approximate surface area is 91.3 Å². The summed E-state index contributed by atoms with van der Waals surface area (Å²) in [5.41, 5.74) is 0.711. The zero-order valence-corrected chi connectivity index (χ0v) is 9.45. The Morgan fingerprint density at radius 2 is 2.13 bits per heavy atom. The highest BCUT2D eigenvalue weighted by Crippen LogP contribution is 2.14. The molecule has 0 unspecified atom stereocenters. The minimum atomic E-state index is 0.0778. The largest absolute Gasteiger partial charge is 0.494 e. The topological polar surface area (TPSA) is 26.3 Å². The lowest BCUT2D eigenvalue weighted by atomic mass is 10.1. The SMILES string of the molecule is CCCCCOc1cccc(C(C)=O)c1. The van der Waals surface area contributed by atoms with Gasteiger partial charge in [-0.25, -0.2) is 0 Å². The summed E-state index contributed by atoms with van der Waals surface area (Å²) in [4.78, 5) is 11.1. The Balaban J connectivity index is 2.47. The Hall–Kier alpha value is -1.31. The van der Waals surface area contributed by atoms with E-state index in [2.05, 4.69) is 6.92 Å². The van der Waals surface area contributed by atoms with Crippen LogP contribution < -0.4 is 4.74 Å². The molecule has 0 atom stereocenters. The second-order valence-electron chi connectivity index (χ2n) is 3.64. The maximum absolute atomic E-state index is 11.1. The first-order valence-corrected chi connectivity index (χ1v) is 5.48. The lowest BCUT2D eigenvalue weighted by molar-refractivity contribution is 0.101. The van der Waals surface area contributed by atoms with E-state index in [0.717, 1.165) is 18.8 Å². The summed E-state index contributed by atoms with van der Waals surface area (Å²) < 4.78 is 5.55. The van der Waals surface area contributed by atoms with Crippen LogP contribution in [0.2, 0.25) is 0 Å². The molecule has 1 aromatic carbocycles. The van der Waals surface area contributed by atoms with Crippen LogP contribution in [0.4, 0.5) is 0 Å². The van der Waals surface area contributed by atoms with Crippen LogP contribution in [0.15, 0.2) is 24.3 Å². The van der Waals surface area contributed by atoms with Gasteiger partial charge in [-0.2, -0.15) is 0 Å². The van der Waals surface area contributed by atoms with Crippen LogP contribution in [-0.2, 0) is 0 Å². The molecule has 0 amide bonds. The van der Waals surface area contributed by atoms with Crippen molar-refractivity contribution in [2.75, 3.05) is 6.61 Å². The number of hydrogen-bond acceptors (Lipinski definition) is 2. The quantitative estimate of drug-likeness (QED) is 0.526. The smallest absolute Gasteiger partial charge is 0.159 e. The minimum absolute atomic E-state index is 0.0778. The van der Waals surface area contributed by atoms with Gasteiger partial charge in [-0.3, -0.25) is 4.79 Å². The van der Waals surface area contributed by atoms with E-state index in [1.807, 2.05) is 12.1 Å². The van der Waals surface area contributed by atoms with Gasteiger partial charge in [0.2, 0.25) is 0 Å². The molecule has 0 aromatic heterocycles. The van der Waals surface area contributed by atoms with Crippen molar-refractivity contribution in [1.82, 2.24) is 0 Å². The van der Waals surface area contributed by atoms with E-state index in [-0.39, 0.29) is 5.78 Å². The molecule has 0 saturated carbocycles. The van der Waals surface area contributed by atoms with Crippen LogP contribution in [0.5, 0.6) is 5.75 Å². The molecule has 0 radical (unpaired) electrons. The van der Waals surface area contributed by atoms with E-state index in [0.29, 0.717) is 5.56 Å². The highest BCUT2D eigenvalue weighted by Gasteiger charge is 2.00. The van der Waals surface area contributed by atoms with Crippen LogP contribution in [0.1, 0.15) is 43.5 Å². The molecule has 0 aliphatic carbocycles. The van der Waals surface area contributed by atoms with Crippen molar-refractivity contribution in [2.24, 2.45) is 0 Å². The average molecular weight is 206 g/mol. The van der Waals surface area contributed by atoms with Crippen molar-refractivity contribution in [3.63, 3.8) is 0 Å². The van der Waals surface area contributed by atoms with Crippen LogP contribution in [-0.4, -0.2) is 12.4 Å². The molecule has 82 valence electrons. The minimum Gasteiger partial charge on any atom is -0.494 e. The Bertz CT molecular complexity index is 318. The van der Waals surface area contributed by atoms with Gasteiger partial charge in [0.05, 0.1) is 6.61 Å². The summed E-state index contributed by atoms with van der Waals surface area (Å²) in [7, 11) is 0. The summed E-state index contributed by atoms with van der Waals surface area (Å²) in [6, 6.07) is 7.35. The van der Waals surface area contributed by atoms with E-state index in [1.165, 1.54) is 12.8 Å². The number of Topliss-reactive ketones (excluding diaryl/α,β-unsaturated/α-hetero) is 1. The molecule has 0 bridgehead atoms. The van der Waals surface area contributed by atoms with Crippen LogP contribution in [0.3, 0.4) is 0 Å². The zero-order valence-electron chi connectivity index (χ0n) is 9.45. The number of ketones is 1. The first-order chi connectivity index (χ1) is 7.24. The number of unbranched alkanes of at least 4 members (excludes halogenated alkanes) is 2. The standard InChI is InChI=1S/C13H18O2/c1-3-4-5-9-15-13-8-6-7-12(10-13)11(2)14/h6-8,10H,3-5,9H2,1-2H3. The average Bonchev–Trinajstić information content (AvgIpc) is 2.25. The number of ether oxygens (including phenoxy) is 1. The molecule has 0 N–H and O–H groups in total. The molecule has 1 aromatic rings. The van der Waals surface area contributed by atoms with Gasteiger partial charge in [0.25, 0.3) is 0 Å². The van der Waals surface area contributed by atoms with Crippen molar-refractivity contribution in [3.05, 3.63) is 29.8 Å². The summed E-state index contributed by atoms with van der Waals surface area (Å²) >= 11 is 0. The zero-order chi connectivity index (χ0) is 11.1. The third-order valence-electron chi connectivity index (χ3n) is 2.26. The molecule has 0 saturated heterocycles. The third kappa shape index (κ3) is 4.15. The molecule has 0 spiro atoms. The first kappa shape index (κ1) is 11.8. The van der Waals surface area contributed by atoms with Gasteiger partial charge >= 0.3 is 0 Å². The highest BCUT2D eigenvalue weighted by atomic mass is 16.5. The van der Waals surface area contributed by atoms with Crippen molar-refractivity contribution in [3.8, 4) is 5.75 Å². The summed E-state index contributed by atoms with van der Waals surface area (Å²) in [6.45, 7) is 4.46. The first-order valence-electron chi connectivity index (χ1n) is 5.48. The number of benzene rings is 1. The number of rotatable bonds is 6. The fourth-order valence-electron chi connectivity index (χ4n) is 1.35. The van der Waals surface area contributed by atoms with Gasteiger partial charge in [-0.15, -0.1) is 0 Å². The lowest BCUT2D eigenvalue weighted by Gasteiger charge is -2.06. The second-order valence-corrected chi connectivity index (χ2v) is 3.64. The molecule has 0 aliphatic heterocycles. The van der Waals surface area contributed by atoms with Crippen molar-refractivity contribution < 1.29 is 9.53 Å². The van der Waals surface area contributed by atoms with Gasteiger partial charge in [-0.1, -0.05) is 31.9 Å². The molecular formula is C13H18O2. The third-order valence-corrected chi connectivity index (χ3v) is 2.26. The maximum atomic E-state index is 11.1. The van der Waals surface area contributed by atoms with Crippen molar-refractivity contribution >= 4 is 5.78 Å². The van der Waals surface area contributed by atoms with Crippen LogP contribution in [0.25, 0.3) is 0 Å². The van der Waals surface area contributed by atoms with Crippen molar-refractivity contribution in [2.45, 2.75) is 33.1 Å². The van der Waals surface area contributed by atoms with Gasteiger partial charge < -0.3 is 4.74 Å². The molecule has 2 nitrogen and oxygen atoms in total. The number of hydrogen-bond donors (Lipinski definition) is 0. The fourth-order valence-corrected chi connectivity index (χ4v) is 1.35. The predicted molar refractivity (Wildman–Crippen MR) is 61.5 cm³/mol. The fraction of sp³-hybridized carbons (Fsp3) is 0.462. The van der Waals surface area contributed by atoms with E-state index < -0.39 is 0 Å². The summed E-state index contributed by atoms with van der Waals surface area (Å²) in [6.07, 6.45) is 3.45. The van der Waals surface area contributed by atoms with Gasteiger partial charge in [0.15, 0.2) is 5.78 Å². The molecule has 2 heteroatoms. The maximum Gasteiger partial charge on any atom is 0.159 e. The Kier molecular flexibility index (Phi) is 4.88. The monoisotopic (exact) mass is 206 g/mol. The molecule has 0 aliphatic rings.